The molecule has 1 saturated carbocycles. The number of carbonyl (C=O) groups is 1. The molecule has 0 aliphatic heterocycles. The zero-order valence-electron chi connectivity index (χ0n) is 11.6. The van der Waals surface area contributed by atoms with E-state index in [1.165, 1.54) is 0 Å². The Bertz CT molecular complexity index is 600. The summed E-state index contributed by atoms with van der Waals surface area (Å²) in [7, 11) is 1.75. The first-order chi connectivity index (χ1) is 9.78. The van der Waals surface area contributed by atoms with E-state index < -0.39 is 0 Å². The van der Waals surface area contributed by atoms with Crippen LogP contribution in [-0.4, -0.2) is 35.1 Å². The molecule has 1 fully saturated rings. The van der Waals surface area contributed by atoms with Crippen LogP contribution in [0, 0.1) is 0 Å². The molecule has 1 aliphatic carbocycles. The summed E-state index contributed by atoms with van der Waals surface area (Å²) >= 11 is 0. The summed E-state index contributed by atoms with van der Waals surface area (Å²) in [6.07, 6.45) is 5.92. The minimum absolute atomic E-state index is 0.0384. The molecule has 0 bridgehead atoms. The number of amides is 1. The van der Waals surface area contributed by atoms with Gasteiger partial charge in [-0.2, -0.15) is 0 Å². The van der Waals surface area contributed by atoms with Crippen LogP contribution in [0.1, 0.15) is 36.0 Å². The second-order valence-electron chi connectivity index (χ2n) is 5.29. The zero-order valence-corrected chi connectivity index (χ0v) is 11.6. The van der Waals surface area contributed by atoms with Gasteiger partial charge in [-0.05, 0) is 37.8 Å². The van der Waals surface area contributed by atoms with Gasteiger partial charge in [0.15, 0.2) is 0 Å². The number of nitrogens with one attached hydrogen (secondary N) is 2. The second kappa shape index (κ2) is 5.63. The molecular formula is C15H19N3O2. The third-order valence-corrected chi connectivity index (χ3v) is 4.04. The van der Waals surface area contributed by atoms with E-state index in [0.29, 0.717) is 11.7 Å². The van der Waals surface area contributed by atoms with Crippen molar-refractivity contribution >= 4 is 16.9 Å². The number of methoxy groups -OCH3 is 1. The molecule has 1 aromatic heterocycles. The Labute approximate surface area is 117 Å². The summed E-state index contributed by atoms with van der Waals surface area (Å²) in [6.45, 7) is 0. The number of aromatic nitrogens is 2. The number of rotatable bonds is 3. The first kappa shape index (κ1) is 13.1. The van der Waals surface area contributed by atoms with Gasteiger partial charge in [0.1, 0.15) is 5.52 Å². The lowest BCUT2D eigenvalue weighted by Gasteiger charge is -2.28. The SMILES string of the molecule is COC1CCC(NC(=O)c2cccc3[nH]cnc23)CC1. The van der Waals surface area contributed by atoms with Gasteiger partial charge in [-0.1, -0.05) is 6.07 Å². The molecule has 0 radical (unpaired) electrons. The lowest BCUT2D eigenvalue weighted by atomic mass is 9.92. The van der Waals surface area contributed by atoms with Gasteiger partial charge < -0.3 is 15.0 Å². The van der Waals surface area contributed by atoms with Crippen molar-refractivity contribution in [1.29, 1.82) is 0 Å². The number of fused-ring (bicyclic) bond motifs is 1. The Balaban J connectivity index is 1.69. The number of imidazole rings is 1. The molecule has 2 aromatic rings. The summed E-state index contributed by atoms with van der Waals surface area (Å²) in [6, 6.07) is 5.85. The quantitative estimate of drug-likeness (QED) is 0.901. The first-order valence-corrected chi connectivity index (χ1v) is 7.03. The molecular weight excluding hydrogens is 254 g/mol. The number of hydrogen-bond acceptors (Lipinski definition) is 3. The van der Waals surface area contributed by atoms with Crippen molar-refractivity contribution in [2.24, 2.45) is 0 Å². The Morgan fingerprint density at radius 1 is 1.35 bits per heavy atom. The van der Waals surface area contributed by atoms with Crippen molar-refractivity contribution in [3.05, 3.63) is 30.1 Å². The first-order valence-electron chi connectivity index (χ1n) is 7.03. The van der Waals surface area contributed by atoms with Gasteiger partial charge in [0.2, 0.25) is 0 Å². The number of para-hydroxylation sites is 1. The highest BCUT2D eigenvalue weighted by Crippen LogP contribution is 2.21. The molecule has 0 atom stereocenters. The molecule has 2 N–H and O–H groups in total. The number of nitrogens with zero attached hydrogens (tertiary/aromatic N) is 1. The van der Waals surface area contributed by atoms with E-state index in [9.17, 15) is 4.79 Å². The van der Waals surface area contributed by atoms with Crippen LogP contribution in [0.2, 0.25) is 0 Å². The van der Waals surface area contributed by atoms with Crippen molar-refractivity contribution in [3.8, 4) is 0 Å². The van der Waals surface area contributed by atoms with Crippen molar-refractivity contribution in [2.45, 2.75) is 37.8 Å². The van der Waals surface area contributed by atoms with Crippen molar-refractivity contribution in [3.63, 3.8) is 0 Å². The van der Waals surface area contributed by atoms with Gasteiger partial charge >= 0.3 is 0 Å². The van der Waals surface area contributed by atoms with Crippen LogP contribution in [0.25, 0.3) is 11.0 Å². The van der Waals surface area contributed by atoms with Crippen LogP contribution in [0.15, 0.2) is 24.5 Å². The van der Waals surface area contributed by atoms with Crippen LogP contribution in [-0.2, 0) is 4.74 Å². The van der Waals surface area contributed by atoms with Crippen LogP contribution >= 0.6 is 0 Å². The van der Waals surface area contributed by atoms with Gasteiger partial charge in [0, 0.05) is 13.2 Å². The highest BCUT2D eigenvalue weighted by Gasteiger charge is 2.23. The number of aromatic amines is 1. The maximum Gasteiger partial charge on any atom is 0.253 e. The minimum atomic E-state index is -0.0384. The molecule has 0 saturated heterocycles. The second-order valence-corrected chi connectivity index (χ2v) is 5.29. The molecule has 0 unspecified atom stereocenters. The number of carbonyl (C=O) groups excluding carboxylic acids is 1. The summed E-state index contributed by atoms with van der Waals surface area (Å²) in [5.41, 5.74) is 2.26. The Morgan fingerprint density at radius 3 is 2.90 bits per heavy atom. The van der Waals surface area contributed by atoms with Crippen LogP contribution in [0.3, 0.4) is 0 Å². The summed E-state index contributed by atoms with van der Waals surface area (Å²) in [5.74, 6) is -0.0384. The highest BCUT2D eigenvalue weighted by atomic mass is 16.5. The van der Waals surface area contributed by atoms with Crippen LogP contribution in [0.5, 0.6) is 0 Å². The Morgan fingerprint density at radius 2 is 2.15 bits per heavy atom. The number of H-pyrrole nitrogens is 1. The summed E-state index contributed by atoms with van der Waals surface area (Å²) < 4.78 is 5.35. The Hall–Kier alpha value is -1.88. The third kappa shape index (κ3) is 2.54. The largest absolute Gasteiger partial charge is 0.381 e. The van der Waals surface area contributed by atoms with Gasteiger partial charge in [0.25, 0.3) is 5.91 Å². The van der Waals surface area contributed by atoms with Crippen molar-refractivity contribution < 1.29 is 9.53 Å². The van der Waals surface area contributed by atoms with Crippen molar-refractivity contribution in [1.82, 2.24) is 15.3 Å². The average Bonchev–Trinajstić information content (AvgIpc) is 2.96. The smallest absolute Gasteiger partial charge is 0.253 e. The van der Waals surface area contributed by atoms with E-state index in [1.54, 1.807) is 13.4 Å². The van der Waals surface area contributed by atoms with E-state index in [1.807, 2.05) is 18.2 Å². The maximum atomic E-state index is 12.4. The maximum absolute atomic E-state index is 12.4. The predicted octanol–water partition coefficient (Wildman–Crippen LogP) is 2.25. The molecule has 3 rings (SSSR count). The fourth-order valence-electron chi connectivity index (χ4n) is 2.85. The molecule has 5 nitrogen and oxygen atoms in total. The normalized spacial score (nSPS) is 22.9. The van der Waals surface area contributed by atoms with E-state index in [0.717, 1.165) is 36.7 Å². The third-order valence-electron chi connectivity index (χ3n) is 4.04. The lowest BCUT2D eigenvalue weighted by molar-refractivity contribution is 0.0599. The summed E-state index contributed by atoms with van der Waals surface area (Å²) in [4.78, 5) is 19.6. The van der Waals surface area contributed by atoms with Crippen molar-refractivity contribution in [2.75, 3.05) is 7.11 Å². The number of hydrogen-bond donors (Lipinski definition) is 2. The number of benzene rings is 1. The van der Waals surface area contributed by atoms with Gasteiger partial charge in [-0.15, -0.1) is 0 Å². The fourth-order valence-corrected chi connectivity index (χ4v) is 2.85. The molecule has 0 spiro atoms. The minimum Gasteiger partial charge on any atom is -0.381 e. The number of ether oxygens (including phenoxy) is 1. The lowest BCUT2D eigenvalue weighted by Crippen LogP contribution is -2.39. The molecule has 1 aromatic carbocycles. The van der Waals surface area contributed by atoms with E-state index in [2.05, 4.69) is 15.3 Å². The standard InChI is InChI=1S/C15H19N3O2/c1-20-11-7-5-10(6-8-11)18-15(19)12-3-2-4-13-14(12)17-9-16-13/h2-4,9-11H,5-8H2,1H3,(H,16,17)(H,18,19). The summed E-state index contributed by atoms with van der Waals surface area (Å²) in [5, 5.41) is 3.11. The topological polar surface area (TPSA) is 67.0 Å². The molecule has 5 heteroatoms. The van der Waals surface area contributed by atoms with Crippen LogP contribution in [0.4, 0.5) is 0 Å². The van der Waals surface area contributed by atoms with E-state index in [4.69, 9.17) is 4.74 Å². The molecule has 20 heavy (non-hydrogen) atoms. The Kier molecular flexibility index (Phi) is 3.69. The van der Waals surface area contributed by atoms with Gasteiger partial charge in [-0.25, -0.2) is 4.98 Å². The van der Waals surface area contributed by atoms with Gasteiger partial charge in [-0.3, -0.25) is 4.79 Å². The average molecular weight is 273 g/mol. The molecule has 1 amide bonds. The van der Waals surface area contributed by atoms with Crippen LogP contribution < -0.4 is 5.32 Å². The molecule has 1 aliphatic rings. The fraction of sp³-hybridized carbons (Fsp3) is 0.467. The highest BCUT2D eigenvalue weighted by molar-refractivity contribution is 6.04. The van der Waals surface area contributed by atoms with Gasteiger partial charge in [0.05, 0.1) is 23.5 Å². The zero-order chi connectivity index (χ0) is 13.9. The predicted molar refractivity (Wildman–Crippen MR) is 76.6 cm³/mol. The molecule has 106 valence electrons. The van der Waals surface area contributed by atoms with E-state index in [-0.39, 0.29) is 11.9 Å². The monoisotopic (exact) mass is 273 g/mol. The van der Waals surface area contributed by atoms with E-state index >= 15 is 0 Å². The molecule has 1 heterocycles.